The molecule has 3 N–H and O–H groups in total. The first kappa shape index (κ1) is 17.1. The van der Waals surface area contributed by atoms with Gasteiger partial charge in [-0.3, -0.25) is 0 Å². The lowest BCUT2D eigenvalue weighted by Crippen LogP contribution is -2.44. The molecule has 1 rings (SSSR count). The lowest BCUT2D eigenvalue weighted by Gasteiger charge is -2.15. The van der Waals surface area contributed by atoms with Crippen LogP contribution < -0.4 is 20.1 Å². The Morgan fingerprint density at radius 1 is 1.29 bits per heavy atom. The Morgan fingerprint density at radius 2 is 2.00 bits per heavy atom. The predicted molar refractivity (Wildman–Crippen MR) is 80.9 cm³/mol. The van der Waals surface area contributed by atoms with Crippen molar-refractivity contribution in [3.05, 3.63) is 23.8 Å². The quantitative estimate of drug-likeness (QED) is 0.676. The third kappa shape index (κ3) is 5.51. The minimum Gasteiger partial charge on any atom is -0.493 e. The Balaban J connectivity index is 2.43. The molecule has 1 aromatic carbocycles. The fourth-order valence-corrected chi connectivity index (χ4v) is 1.87. The lowest BCUT2D eigenvalue weighted by atomic mass is 10.1. The second kappa shape index (κ2) is 9.07. The summed E-state index contributed by atoms with van der Waals surface area (Å²) in [6.07, 6.45) is 1.38. The van der Waals surface area contributed by atoms with Crippen LogP contribution in [0.1, 0.15) is 18.9 Å². The summed E-state index contributed by atoms with van der Waals surface area (Å²) in [6, 6.07) is 5.19. The van der Waals surface area contributed by atoms with E-state index in [4.69, 9.17) is 14.6 Å². The van der Waals surface area contributed by atoms with Gasteiger partial charge in [0, 0.05) is 6.54 Å². The number of aliphatic hydroxyl groups excluding tert-OH is 1. The molecule has 0 aliphatic rings. The highest BCUT2D eigenvalue weighted by Gasteiger charge is 2.08. The molecular weight excluding hydrogens is 272 g/mol. The number of hydrogen-bond acceptors (Lipinski definition) is 4. The van der Waals surface area contributed by atoms with Gasteiger partial charge < -0.3 is 25.2 Å². The normalized spacial score (nSPS) is 11.6. The van der Waals surface area contributed by atoms with E-state index in [2.05, 4.69) is 10.6 Å². The van der Waals surface area contributed by atoms with E-state index >= 15 is 0 Å². The molecular formula is C15H24N2O4. The molecule has 0 saturated carbocycles. The molecule has 0 aliphatic heterocycles. The van der Waals surface area contributed by atoms with Crippen LogP contribution in [0.3, 0.4) is 0 Å². The Morgan fingerprint density at radius 3 is 2.57 bits per heavy atom. The number of carbonyl (C=O) groups is 1. The third-order valence-corrected chi connectivity index (χ3v) is 3.20. The van der Waals surface area contributed by atoms with Gasteiger partial charge >= 0.3 is 6.03 Å². The number of rotatable bonds is 8. The molecule has 0 unspecified atom stereocenters. The van der Waals surface area contributed by atoms with Gasteiger partial charge in [0.1, 0.15) is 0 Å². The van der Waals surface area contributed by atoms with E-state index in [1.165, 1.54) is 0 Å². The molecule has 0 aliphatic carbocycles. The van der Waals surface area contributed by atoms with Crippen LogP contribution >= 0.6 is 0 Å². The predicted octanol–water partition coefficient (Wildman–Crippen LogP) is 1.32. The molecule has 118 valence electrons. The number of nitrogens with one attached hydrogen (secondary N) is 2. The second-order valence-electron chi connectivity index (χ2n) is 4.63. The van der Waals surface area contributed by atoms with E-state index in [0.29, 0.717) is 30.9 Å². The summed E-state index contributed by atoms with van der Waals surface area (Å²) in [5.74, 6) is 1.35. The van der Waals surface area contributed by atoms with Crippen LogP contribution in [0.25, 0.3) is 0 Å². The van der Waals surface area contributed by atoms with E-state index in [-0.39, 0.29) is 18.7 Å². The zero-order valence-electron chi connectivity index (χ0n) is 12.8. The Kier molecular flexibility index (Phi) is 7.39. The van der Waals surface area contributed by atoms with Crippen molar-refractivity contribution in [1.29, 1.82) is 0 Å². The zero-order valence-corrected chi connectivity index (χ0v) is 12.8. The van der Waals surface area contributed by atoms with Crippen LogP contribution in [-0.4, -0.2) is 44.6 Å². The van der Waals surface area contributed by atoms with E-state index in [9.17, 15) is 4.79 Å². The standard InChI is InChI=1S/C15H24N2O4/c1-4-12(10-18)17-15(19)16-8-7-11-5-6-13(20-2)14(9-11)21-3/h5-6,9,12,18H,4,7-8,10H2,1-3H3,(H2,16,17,19)/t12-/m0/s1. The van der Waals surface area contributed by atoms with Gasteiger partial charge in [0.15, 0.2) is 11.5 Å². The van der Waals surface area contributed by atoms with Crippen molar-refractivity contribution in [3.8, 4) is 11.5 Å². The highest BCUT2D eigenvalue weighted by Crippen LogP contribution is 2.27. The summed E-state index contributed by atoms with van der Waals surface area (Å²) in [5, 5.41) is 14.5. The summed E-state index contributed by atoms with van der Waals surface area (Å²) in [4.78, 5) is 11.6. The number of aliphatic hydroxyl groups is 1. The topological polar surface area (TPSA) is 79.8 Å². The smallest absolute Gasteiger partial charge is 0.315 e. The Hall–Kier alpha value is -1.95. The summed E-state index contributed by atoms with van der Waals surface area (Å²) in [6.45, 7) is 2.35. The van der Waals surface area contributed by atoms with Crippen LogP contribution in [-0.2, 0) is 6.42 Å². The van der Waals surface area contributed by atoms with Crippen molar-refractivity contribution in [2.24, 2.45) is 0 Å². The minimum atomic E-state index is -0.267. The van der Waals surface area contributed by atoms with Crippen molar-refractivity contribution < 1.29 is 19.4 Å². The van der Waals surface area contributed by atoms with Crippen LogP contribution in [0.15, 0.2) is 18.2 Å². The molecule has 0 bridgehead atoms. The monoisotopic (exact) mass is 296 g/mol. The van der Waals surface area contributed by atoms with Crippen LogP contribution in [0.4, 0.5) is 4.79 Å². The van der Waals surface area contributed by atoms with Crippen LogP contribution in [0.2, 0.25) is 0 Å². The van der Waals surface area contributed by atoms with E-state index in [1.807, 2.05) is 25.1 Å². The van der Waals surface area contributed by atoms with Gasteiger partial charge in [-0.05, 0) is 30.5 Å². The average molecular weight is 296 g/mol. The number of benzene rings is 1. The van der Waals surface area contributed by atoms with Crippen molar-refractivity contribution in [3.63, 3.8) is 0 Å². The van der Waals surface area contributed by atoms with Gasteiger partial charge in [0.25, 0.3) is 0 Å². The second-order valence-corrected chi connectivity index (χ2v) is 4.63. The first-order valence-electron chi connectivity index (χ1n) is 7.00. The summed E-state index contributed by atoms with van der Waals surface area (Å²) >= 11 is 0. The first-order valence-corrected chi connectivity index (χ1v) is 7.00. The average Bonchev–Trinajstić information content (AvgIpc) is 2.52. The Bertz CT molecular complexity index is 447. The fraction of sp³-hybridized carbons (Fsp3) is 0.533. The van der Waals surface area contributed by atoms with Gasteiger partial charge in [0.05, 0.1) is 26.9 Å². The third-order valence-electron chi connectivity index (χ3n) is 3.20. The molecule has 0 radical (unpaired) electrons. The lowest BCUT2D eigenvalue weighted by molar-refractivity contribution is 0.214. The van der Waals surface area contributed by atoms with E-state index < -0.39 is 0 Å². The number of methoxy groups -OCH3 is 2. The van der Waals surface area contributed by atoms with Gasteiger partial charge in [-0.2, -0.15) is 0 Å². The molecule has 0 aromatic heterocycles. The fourth-order valence-electron chi connectivity index (χ4n) is 1.87. The van der Waals surface area contributed by atoms with Crippen molar-refractivity contribution >= 4 is 6.03 Å². The van der Waals surface area contributed by atoms with Gasteiger partial charge in [-0.1, -0.05) is 13.0 Å². The first-order chi connectivity index (χ1) is 10.1. The van der Waals surface area contributed by atoms with Gasteiger partial charge in [-0.25, -0.2) is 4.79 Å². The van der Waals surface area contributed by atoms with Crippen molar-refractivity contribution in [2.75, 3.05) is 27.4 Å². The highest BCUT2D eigenvalue weighted by atomic mass is 16.5. The maximum absolute atomic E-state index is 11.6. The molecule has 0 spiro atoms. The maximum Gasteiger partial charge on any atom is 0.315 e. The number of ether oxygens (including phenoxy) is 2. The van der Waals surface area contributed by atoms with Gasteiger partial charge in [-0.15, -0.1) is 0 Å². The molecule has 0 saturated heterocycles. The van der Waals surface area contributed by atoms with E-state index in [1.54, 1.807) is 14.2 Å². The SMILES string of the molecule is CC[C@@H](CO)NC(=O)NCCc1ccc(OC)c(OC)c1. The molecule has 6 nitrogen and oxygen atoms in total. The highest BCUT2D eigenvalue weighted by molar-refractivity contribution is 5.74. The summed E-state index contributed by atoms with van der Waals surface area (Å²) in [7, 11) is 3.18. The van der Waals surface area contributed by atoms with Crippen molar-refractivity contribution in [2.45, 2.75) is 25.8 Å². The largest absolute Gasteiger partial charge is 0.493 e. The minimum absolute atomic E-state index is 0.0560. The van der Waals surface area contributed by atoms with Crippen molar-refractivity contribution in [1.82, 2.24) is 10.6 Å². The van der Waals surface area contributed by atoms with Crippen LogP contribution in [0, 0.1) is 0 Å². The summed E-state index contributed by atoms with van der Waals surface area (Å²) < 4.78 is 10.4. The molecule has 6 heteroatoms. The number of carbonyl (C=O) groups excluding carboxylic acids is 1. The zero-order chi connectivity index (χ0) is 15.7. The maximum atomic E-state index is 11.6. The van der Waals surface area contributed by atoms with Gasteiger partial charge in [0.2, 0.25) is 0 Å². The summed E-state index contributed by atoms with van der Waals surface area (Å²) in [5.41, 5.74) is 1.04. The molecule has 21 heavy (non-hydrogen) atoms. The number of hydrogen-bond donors (Lipinski definition) is 3. The Labute approximate surface area is 125 Å². The number of amides is 2. The molecule has 1 atom stereocenters. The molecule has 0 fully saturated rings. The molecule has 0 heterocycles. The molecule has 1 aromatic rings. The van der Waals surface area contributed by atoms with Crippen LogP contribution in [0.5, 0.6) is 11.5 Å². The number of urea groups is 1. The molecule has 2 amide bonds. The van der Waals surface area contributed by atoms with E-state index in [0.717, 1.165) is 5.56 Å².